The van der Waals surface area contributed by atoms with Gasteiger partial charge in [-0.1, -0.05) is 39.1 Å². The molecule has 0 aliphatic carbocycles. The van der Waals surface area contributed by atoms with Crippen LogP contribution in [0.3, 0.4) is 0 Å². The van der Waals surface area contributed by atoms with Crippen molar-refractivity contribution in [3.8, 4) is 0 Å². The molecule has 1 N–H and O–H groups in total. The lowest BCUT2D eigenvalue weighted by Gasteiger charge is -2.09. The van der Waals surface area contributed by atoms with Crippen molar-refractivity contribution in [3.63, 3.8) is 0 Å². The van der Waals surface area contributed by atoms with Gasteiger partial charge in [0.25, 0.3) is 0 Å². The number of anilines is 2. The van der Waals surface area contributed by atoms with E-state index in [1.54, 1.807) is 6.07 Å². The zero-order valence-electron chi connectivity index (χ0n) is 8.22. The fourth-order valence-electron chi connectivity index (χ4n) is 1.18. The normalized spacial score (nSPS) is 10.4. The maximum Gasteiger partial charge on any atom is 0.175 e. The molecule has 17 heavy (non-hydrogen) atoms. The highest BCUT2D eigenvalue weighted by Crippen LogP contribution is 2.31. The van der Waals surface area contributed by atoms with E-state index in [-0.39, 0.29) is 10.3 Å². The quantitative estimate of drug-likeness (QED) is 0.770. The van der Waals surface area contributed by atoms with Crippen LogP contribution in [-0.4, -0.2) is 10.2 Å². The molecule has 1 aromatic carbocycles. The van der Waals surface area contributed by atoms with E-state index in [1.807, 2.05) is 18.2 Å². The first-order valence-electron chi connectivity index (χ1n) is 4.47. The van der Waals surface area contributed by atoms with Crippen LogP contribution < -0.4 is 5.32 Å². The zero-order valence-corrected chi connectivity index (χ0v) is 12.9. The number of aromatic nitrogens is 2. The molecule has 1 aromatic heterocycles. The minimum atomic E-state index is 0.265. The molecule has 0 spiro atoms. The van der Waals surface area contributed by atoms with Gasteiger partial charge < -0.3 is 5.32 Å². The Morgan fingerprint density at radius 2 is 1.76 bits per heavy atom. The van der Waals surface area contributed by atoms with Gasteiger partial charge in [0.1, 0.15) is 0 Å². The van der Waals surface area contributed by atoms with Crippen molar-refractivity contribution in [1.82, 2.24) is 10.2 Å². The Morgan fingerprint density at radius 1 is 1.00 bits per heavy atom. The van der Waals surface area contributed by atoms with E-state index < -0.39 is 0 Å². The molecule has 0 atom stereocenters. The molecule has 0 radical (unpaired) electrons. The van der Waals surface area contributed by atoms with Crippen LogP contribution in [0.4, 0.5) is 11.4 Å². The molecule has 0 bridgehead atoms. The van der Waals surface area contributed by atoms with E-state index in [2.05, 4.69) is 47.4 Å². The van der Waals surface area contributed by atoms with Crippen LogP contribution in [0.1, 0.15) is 0 Å². The molecule has 88 valence electrons. The van der Waals surface area contributed by atoms with Crippen LogP contribution in [-0.2, 0) is 0 Å². The third-order valence-electron chi connectivity index (χ3n) is 1.92. The number of nitrogens with one attached hydrogen (secondary N) is 1. The summed E-state index contributed by atoms with van der Waals surface area (Å²) in [5, 5.41) is 11.0. The summed E-state index contributed by atoms with van der Waals surface area (Å²) < 4.78 is 1.86. The highest BCUT2D eigenvalue weighted by molar-refractivity contribution is 9.11. The van der Waals surface area contributed by atoms with E-state index in [4.69, 9.17) is 23.2 Å². The molecule has 1 heterocycles. The fraction of sp³-hybridized carbons (Fsp3) is 0. The topological polar surface area (TPSA) is 37.8 Å². The molecule has 7 heteroatoms. The average molecular weight is 398 g/mol. The van der Waals surface area contributed by atoms with Crippen LogP contribution in [0.25, 0.3) is 0 Å². The summed E-state index contributed by atoms with van der Waals surface area (Å²) in [5.74, 6) is 0. The Bertz CT molecular complexity index is 514. The van der Waals surface area contributed by atoms with Gasteiger partial charge in [-0.25, -0.2) is 0 Å². The van der Waals surface area contributed by atoms with Gasteiger partial charge in [0.2, 0.25) is 0 Å². The van der Waals surface area contributed by atoms with E-state index in [9.17, 15) is 0 Å². The molecule has 0 aliphatic rings. The van der Waals surface area contributed by atoms with Crippen LogP contribution in [0.5, 0.6) is 0 Å². The van der Waals surface area contributed by atoms with Crippen molar-refractivity contribution in [2.75, 3.05) is 5.32 Å². The van der Waals surface area contributed by atoms with Crippen LogP contribution >= 0.6 is 55.1 Å². The average Bonchev–Trinajstić information content (AvgIpc) is 2.28. The third-order valence-corrected chi connectivity index (χ3v) is 3.57. The number of hydrogen-bond acceptors (Lipinski definition) is 3. The smallest absolute Gasteiger partial charge is 0.175 e. The first kappa shape index (κ1) is 13.1. The van der Waals surface area contributed by atoms with Crippen LogP contribution in [0.2, 0.25) is 10.3 Å². The highest BCUT2D eigenvalue weighted by atomic mass is 79.9. The Kier molecular flexibility index (Phi) is 4.25. The van der Waals surface area contributed by atoms with Gasteiger partial charge in [0, 0.05) is 15.0 Å². The zero-order chi connectivity index (χ0) is 12.4. The molecule has 0 amide bonds. The number of hydrogen-bond donors (Lipinski definition) is 1. The summed E-state index contributed by atoms with van der Waals surface area (Å²) in [6.45, 7) is 0. The van der Waals surface area contributed by atoms with E-state index >= 15 is 0 Å². The molecule has 0 unspecified atom stereocenters. The first-order chi connectivity index (χ1) is 8.06. The SMILES string of the molecule is Clc1cc(Nc2cc(Br)ccc2Br)c(Cl)nn1. The van der Waals surface area contributed by atoms with Crippen molar-refractivity contribution < 1.29 is 0 Å². The van der Waals surface area contributed by atoms with Gasteiger partial charge >= 0.3 is 0 Å². The summed E-state index contributed by atoms with van der Waals surface area (Å²) in [7, 11) is 0. The van der Waals surface area contributed by atoms with Gasteiger partial charge in [-0.05, 0) is 34.1 Å². The van der Waals surface area contributed by atoms with Crippen molar-refractivity contribution in [3.05, 3.63) is 43.5 Å². The lowest BCUT2D eigenvalue weighted by Crippen LogP contribution is -1.95. The first-order valence-corrected chi connectivity index (χ1v) is 6.81. The standard InChI is InChI=1S/C10H5Br2Cl2N3/c11-5-1-2-6(12)7(3-5)15-8-4-9(13)16-17-10(8)14/h1-4H,(H,15,16). The molecule has 0 aliphatic heterocycles. The van der Waals surface area contributed by atoms with Gasteiger partial charge in [0.05, 0.1) is 11.4 Å². The lowest BCUT2D eigenvalue weighted by atomic mass is 10.3. The summed E-state index contributed by atoms with van der Waals surface area (Å²) in [5.41, 5.74) is 1.45. The molecule has 2 rings (SSSR count). The Morgan fingerprint density at radius 3 is 2.53 bits per heavy atom. The van der Waals surface area contributed by atoms with Gasteiger partial charge in [-0.2, -0.15) is 0 Å². The summed E-state index contributed by atoms with van der Waals surface area (Å²) in [6.07, 6.45) is 0. The molecule has 0 fully saturated rings. The fourth-order valence-corrected chi connectivity index (χ4v) is 2.17. The minimum absolute atomic E-state index is 0.265. The van der Waals surface area contributed by atoms with E-state index in [1.165, 1.54) is 0 Å². The van der Waals surface area contributed by atoms with E-state index in [0.717, 1.165) is 14.6 Å². The Labute approximate surface area is 125 Å². The van der Waals surface area contributed by atoms with Gasteiger partial charge in [-0.3, -0.25) is 0 Å². The second-order valence-corrected chi connectivity index (χ2v) is 5.64. The number of halogens is 4. The second-order valence-electron chi connectivity index (χ2n) is 3.12. The predicted molar refractivity (Wildman–Crippen MR) is 77.2 cm³/mol. The van der Waals surface area contributed by atoms with Crippen LogP contribution in [0.15, 0.2) is 33.2 Å². The van der Waals surface area contributed by atoms with Crippen molar-refractivity contribution in [1.29, 1.82) is 0 Å². The monoisotopic (exact) mass is 395 g/mol. The number of nitrogens with zero attached hydrogens (tertiary/aromatic N) is 2. The minimum Gasteiger partial charge on any atom is -0.352 e. The summed E-state index contributed by atoms with van der Waals surface area (Å²) >= 11 is 18.5. The van der Waals surface area contributed by atoms with E-state index in [0.29, 0.717) is 5.69 Å². The number of benzene rings is 1. The van der Waals surface area contributed by atoms with Gasteiger partial charge in [0.15, 0.2) is 10.3 Å². The van der Waals surface area contributed by atoms with Gasteiger partial charge in [-0.15, -0.1) is 10.2 Å². The highest BCUT2D eigenvalue weighted by Gasteiger charge is 2.07. The Hall–Kier alpha value is -0.360. The molecular formula is C10H5Br2Cl2N3. The largest absolute Gasteiger partial charge is 0.352 e. The van der Waals surface area contributed by atoms with Crippen molar-refractivity contribution in [2.45, 2.75) is 0 Å². The molecule has 0 saturated heterocycles. The molecule has 0 saturated carbocycles. The van der Waals surface area contributed by atoms with Crippen LogP contribution in [0, 0.1) is 0 Å². The lowest BCUT2D eigenvalue weighted by molar-refractivity contribution is 1.03. The molecular weight excluding hydrogens is 393 g/mol. The molecule has 2 aromatic rings. The van der Waals surface area contributed by atoms with Crippen molar-refractivity contribution >= 4 is 66.4 Å². The maximum atomic E-state index is 5.92. The second kappa shape index (κ2) is 5.52. The maximum absolute atomic E-state index is 5.92. The summed E-state index contributed by atoms with van der Waals surface area (Å²) in [6, 6.07) is 7.37. The number of rotatable bonds is 2. The Balaban J connectivity index is 2.37. The predicted octanol–water partition coefficient (Wildman–Crippen LogP) is 5.05. The summed E-state index contributed by atoms with van der Waals surface area (Å²) in [4.78, 5) is 0. The van der Waals surface area contributed by atoms with Crippen molar-refractivity contribution in [2.24, 2.45) is 0 Å². The third kappa shape index (κ3) is 3.31. The molecule has 3 nitrogen and oxygen atoms in total.